The van der Waals surface area contributed by atoms with Crippen LogP contribution in [0.15, 0.2) is 30.5 Å². The van der Waals surface area contributed by atoms with Gasteiger partial charge in [-0.1, -0.05) is 23.2 Å². The first-order valence-electron chi connectivity index (χ1n) is 6.28. The van der Waals surface area contributed by atoms with Gasteiger partial charge in [-0.3, -0.25) is 9.78 Å². The maximum atomic E-state index is 12.6. The number of anilines is 1. The van der Waals surface area contributed by atoms with Gasteiger partial charge in [-0.25, -0.2) is 0 Å². The first kappa shape index (κ1) is 14.2. The Kier molecular flexibility index (Phi) is 3.30. The SMILES string of the molecule is COc1ccc(Cl)cc1C1(C)C(=O)Nc2cc(Cl)cnc21. The second kappa shape index (κ2) is 4.90. The second-order valence-corrected chi connectivity index (χ2v) is 5.85. The number of aromatic nitrogens is 1. The third kappa shape index (κ3) is 2.06. The van der Waals surface area contributed by atoms with E-state index in [9.17, 15) is 4.79 Å². The molecular weight excluding hydrogens is 311 g/mol. The molecule has 3 rings (SSSR count). The first-order chi connectivity index (χ1) is 9.96. The highest BCUT2D eigenvalue weighted by Gasteiger charge is 2.47. The van der Waals surface area contributed by atoms with Gasteiger partial charge in [-0.2, -0.15) is 0 Å². The minimum Gasteiger partial charge on any atom is -0.496 e. The standard InChI is InChI=1S/C15H12Cl2N2O2/c1-15(10-5-8(16)3-4-12(10)21-2)13-11(19-14(15)20)6-9(17)7-18-13/h3-7H,1-2H3,(H,19,20). The highest BCUT2D eigenvalue weighted by Crippen LogP contribution is 2.45. The molecule has 1 atom stereocenters. The zero-order valence-electron chi connectivity index (χ0n) is 11.4. The van der Waals surface area contributed by atoms with E-state index in [1.807, 2.05) is 0 Å². The topological polar surface area (TPSA) is 51.2 Å². The zero-order valence-corrected chi connectivity index (χ0v) is 12.9. The Labute approximate surface area is 132 Å². The fourth-order valence-corrected chi connectivity index (χ4v) is 2.94. The minimum atomic E-state index is -0.976. The average Bonchev–Trinajstić information content (AvgIpc) is 2.70. The summed E-state index contributed by atoms with van der Waals surface area (Å²) in [4.78, 5) is 16.9. The molecule has 0 aliphatic carbocycles. The molecule has 1 amide bonds. The minimum absolute atomic E-state index is 0.187. The van der Waals surface area contributed by atoms with Crippen molar-refractivity contribution in [2.75, 3.05) is 12.4 Å². The van der Waals surface area contributed by atoms with Crippen LogP contribution >= 0.6 is 23.2 Å². The summed E-state index contributed by atoms with van der Waals surface area (Å²) in [5.41, 5.74) is 0.911. The van der Waals surface area contributed by atoms with Crippen LogP contribution in [-0.2, 0) is 10.2 Å². The van der Waals surface area contributed by atoms with Crippen molar-refractivity contribution in [1.29, 1.82) is 0 Å². The third-order valence-corrected chi connectivity index (χ3v) is 4.17. The number of rotatable bonds is 2. The number of ether oxygens (including phenoxy) is 1. The fraction of sp³-hybridized carbons (Fsp3) is 0.200. The molecule has 6 heteroatoms. The van der Waals surface area contributed by atoms with Crippen molar-refractivity contribution in [2.45, 2.75) is 12.3 Å². The lowest BCUT2D eigenvalue weighted by Crippen LogP contribution is -2.33. The van der Waals surface area contributed by atoms with E-state index in [0.29, 0.717) is 32.7 Å². The number of carbonyl (C=O) groups is 1. The van der Waals surface area contributed by atoms with Crippen molar-refractivity contribution in [2.24, 2.45) is 0 Å². The molecule has 1 aliphatic rings. The Morgan fingerprint density at radius 2 is 2.00 bits per heavy atom. The summed E-state index contributed by atoms with van der Waals surface area (Å²) in [6.45, 7) is 1.79. The molecule has 1 aliphatic heterocycles. The van der Waals surface area contributed by atoms with Crippen LogP contribution in [0.25, 0.3) is 0 Å². The molecular formula is C15H12Cl2N2O2. The van der Waals surface area contributed by atoms with Crippen LogP contribution < -0.4 is 10.1 Å². The summed E-state index contributed by atoms with van der Waals surface area (Å²) >= 11 is 12.0. The molecule has 4 nitrogen and oxygen atoms in total. The number of hydrogen-bond acceptors (Lipinski definition) is 3. The number of methoxy groups -OCH3 is 1. The van der Waals surface area contributed by atoms with Gasteiger partial charge in [0.25, 0.3) is 0 Å². The van der Waals surface area contributed by atoms with E-state index in [-0.39, 0.29) is 5.91 Å². The lowest BCUT2D eigenvalue weighted by atomic mass is 9.79. The zero-order chi connectivity index (χ0) is 15.2. The van der Waals surface area contributed by atoms with Crippen molar-refractivity contribution in [3.8, 4) is 5.75 Å². The van der Waals surface area contributed by atoms with E-state index in [1.54, 1.807) is 38.3 Å². The Morgan fingerprint density at radius 3 is 2.71 bits per heavy atom. The van der Waals surface area contributed by atoms with E-state index < -0.39 is 5.41 Å². The lowest BCUT2D eigenvalue weighted by molar-refractivity contribution is -0.119. The van der Waals surface area contributed by atoms with Crippen LogP contribution in [0.1, 0.15) is 18.2 Å². The Hall–Kier alpha value is -1.78. The average molecular weight is 323 g/mol. The predicted molar refractivity (Wildman–Crippen MR) is 82.3 cm³/mol. The van der Waals surface area contributed by atoms with Gasteiger partial charge < -0.3 is 10.1 Å². The summed E-state index contributed by atoms with van der Waals surface area (Å²) in [6.07, 6.45) is 1.52. The molecule has 1 aromatic carbocycles. The van der Waals surface area contributed by atoms with Crippen molar-refractivity contribution in [1.82, 2.24) is 4.98 Å². The summed E-state index contributed by atoms with van der Waals surface area (Å²) in [6, 6.07) is 6.87. The van der Waals surface area contributed by atoms with Gasteiger partial charge in [0.05, 0.1) is 23.5 Å². The molecule has 1 N–H and O–H groups in total. The van der Waals surface area contributed by atoms with Gasteiger partial charge in [0.2, 0.25) is 5.91 Å². The Bertz CT molecular complexity index is 748. The van der Waals surface area contributed by atoms with Gasteiger partial charge in [-0.05, 0) is 31.2 Å². The molecule has 0 radical (unpaired) electrons. The molecule has 2 heterocycles. The van der Waals surface area contributed by atoms with Crippen molar-refractivity contribution in [3.63, 3.8) is 0 Å². The maximum absolute atomic E-state index is 12.6. The molecule has 1 unspecified atom stereocenters. The van der Waals surface area contributed by atoms with Crippen LogP contribution in [0.4, 0.5) is 5.69 Å². The fourth-order valence-electron chi connectivity index (χ4n) is 2.61. The summed E-state index contributed by atoms with van der Waals surface area (Å²) in [7, 11) is 1.55. The highest BCUT2D eigenvalue weighted by molar-refractivity contribution is 6.31. The smallest absolute Gasteiger partial charge is 0.241 e. The van der Waals surface area contributed by atoms with Crippen molar-refractivity contribution < 1.29 is 9.53 Å². The normalized spacial score (nSPS) is 20.1. The van der Waals surface area contributed by atoms with Gasteiger partial charge >= 0.3 is 0 Å². The van der Waals surface area contributed by atoms with Crippen molar-refractivity contribution >= 4 is 34.8 Å². The van der Waals surface area contributed by atoms with Gasteiger partial charge in [0.15, 0.2) is 0 Å². The molecule has 0 saturated carbocycles. The molecule has 108 valence electrons. The Balaban J connectivity index is 2.27. The number of pyridine rings is 1. The third-order valence-electron chi connectivity index (χ3n) is 3.73. The van der Waals surface area contributed by atoms with E-state index in [0.717, 1.165) is 0 Å². The lowest BCUT2D eigenvalue weighted by Gasteiger charge is -2.24. The van der Waals surface area contributed by atoms with Crippen LogP contribution in [0.3, 0.4) is 0 Å². The number of halogens is 2. The molecule has 0 fully saturated rings. The van der Waals surface area contributed by atoms with Crippen molar-refractivity contribution in [3.05, 3.63) is 51.8 Å². The second-order valence-electron chi connectivity index (χ2n) is 4.97. The van der Waals surface area contributed by atoms with E-state index >= 15 is 0 Å². The summed E-state index contributed by atoms with van der Waals surface area (Å²) in [5, 5.41) is 3.81. The maximum Gasteiger partial charge on any atom is 0.241 e. The molecule has 1 aromatic heterocycles. The number of benzene rings is 1. The number of nitrogens with zero attached hydrogens (tertiary/aromatic N) is 1. The van der Waals surface area contributed by atoms with E-state index in [1.165, 1.54) is 6.20 Å². The quantitative estimate of drug-likeness (QED) is 0.918. The molecule has 2 aromatic rings. The Morgan fingerprint density at radius 1 is 1.24 bits per heavy atom. The predicted octanol–water partition coefficient (Wildman–Crippen LogP) is 3.66. The molecule has 0 saturated heterocycles. The van der Waals surface area contributed by atoms with E-state index in [2.05, 4.69) is 10.3 Å². The van der Waals surface area contributed by atoms with Gasteiger partial charge in [0, 0.05) is 16.8 Å². The van der Waals surface area contributed by atoms with Crippen LogP contribution in [-0.4, -0.2) is 18.0 Å². The number of nitrogens with one attached hydrogen (secondary N) is 1. The number of fused-ring (bicyclic) bond motifs is 1. The number of hydrogen-bond donors (Lipinski definition) is 1. The van der Waals surface area contributed by atoms with Crippen LogP contribution in [0.5, 0.6) is 5.75 Å². The van der Waals surface area contributed by atoms with Crippen LogP contribution in [0.2, 0.25) is 10.0 Å². The van der Waals surface area contributed by atoms with Crippen LogP contribution in [0, 0.1) is 0 Å². The number of carbonyl (C=O) groups excluding carboxylic acids is 1. The molecule has 0 bridgehead atoms. The van der Waals surface area contributed by atoms with E-state index in [4.69, 9.17) is 27.9 Å². The highest BCUT2D eigenvalue weighted by atomic mass is 35.5. The molecule has 21 heavy (non-hydrogen) atoms. The van der Waals surface area contributed by atoms with Gasteiger partial charge in [0.1, 0.15) is 11.2 Å². The number of amides is 1. The monoisotopic (exact) mass is 322 g/mol. The molecule has 0 spiro atoms. The summed E-state index contributed by atoms with van der Waals surface area (Å²) in [5.74, 6) is 0.398. The van der Waals surface area contributed by atoms with Gasteiger partial charge in [-0.15, -0.1) is 0 Å². The first-order valence-corrected chi connectivity index (χ1v) is 7.04. The summed E-state index contributed by atoms with van der Waals surface area (Å²) < 4.78 is 5.37. The largest absolute Gasteiger partial charge is 0.496 e.